The monoisotopic (exact) mass is 321 g/mol. The predicted octanol–water partition coefficient (Wildman–Crippen LogP) is 2.69. The highest BCUT2D eigenvalue weighted by Crippen LogP contribution is 2.23. The van der Waals surface area contributed by atoms with Gasteiger partial charge in [-0.05, 0) is 30.7 Å². The fraction of sp³-hybridized carbons (Fsp3) is 0.176. The Morgan fingerprint density at radius 1 is 1.21 bits per heavy atom. The maximum atomic E-state index is 5.45. The second kappa shape index (κ2) is 5.77. The van der Waals surface area contributed by atoms with Gasteiger partial charge in [0.2, 0.25) is 5.78 Å². The van der Waals surface area contributed by atoms with E-state index in [1.165, 1.54) is 0 Å². The van der Waals surface area contributed by atoms with Gasteiger partial charge in [-0.1, -0.05) is 17.3 Å². The molecule has 0 aliphatic heterocycles. The van der Waals surface area contributed by atoms with Gasteiger partial charge in [-0.15, -0.1) is 0 Å². The van der Waals surface area contributed by atoms with Crippen LogP contribution in [0.25, 0.3) is 17.4 Å². The standard InChI is InChI=1S/C17H15N5O2/c1-11-15(22-8-4-7-18-17(22)19-11)16-20-14(21-24-16)10-12-5-3-6-13(9-12)23-2/h3-9H,10H2,1-2H3. The van der Waals surface area contributed by atoms with Crippen molar-refractivity contribution in [2.24, 2.45) is 0 Å². The molecule has 0 saturated heterocycles. The van der Waals surface area contributed by atoms with E-state index in [9.17, 15) is 0 Å². The summed E-state index contributed by atoms with van der Waals surface area (Å²) in [6, 6.07) is 9.64. The van der Waals surface area contributed by atoms with Gasteiger partial charge in [0.1, 0.15) is 11.4 Å². The van der Waals surface area contributed by atoms with Crippen molar-refractivity contribution in [2.45, 2.75) is 13.3 Å². The van der Waals surface area contributed by atoms with Gasteiger partial charge in [0.15, 0.2) is 5.82 Å². The van der Waals surface area contributed by atoms with Gasteiger partial charge in [0.05, 0.1) is 12.8 Å². The zero-order valence-electron chi connectivity index (χ0n) is 13.3. The average Bonchev–Trinajstić information content (AvgIpc) is 3.17. The van der Waals surface area contributed by atoms with Crippen LogP contribution in [-0.4, -0.2) is 31.6 Å². The van der Waals surface area contributed by atoms with Gasteiger partial charge >= 0.3 is 0 Å². The Kier molecular flexibility index (Phi) is 3.45. The van der Waals surface area contributed by atoms with E-state index in [-0.39, 0.29) is 0 Å². The van der Waals surface area contributed by atoms with Crippen LogP contribution < -0.4 is 4.74 Å². The molecular formula is C17H15N5O2. The SMILES string of the molecule is COc1cccc(Cc2noc(-c3c(C)nc4ncccn34)n2)c1. The molecule has 0 fully saturated rings. The van der Waals surface area contributed by atoms with Gasteiger partial charge in [-0.3, -0.25) is 4.40 Å². The molecule has 3 heterocycles. The van der Waals surface area contributed by atoms with Crippen LogP contribution in [0.5, 0.6) is 5.75 Å². The quantitative estimate of drug-likeness (QED) is 0.575. The largest absolute Gasteiger partial charge is 0.497 e. The molecule has 0 N–H and O–H groups in total. The molecule has 0 aliphatic carbocycles. The number of benzene rings is 1. The Morgan fingerprint density at radius 2 is 2.12 bits per heavy atom. The number of aryl methyl sites for hydroxylation is 1. The Morgan fingerprint density at radius 3 is 3.00 bits per heavy atom. The predicted molar refractivity (Wildman–Crippen MR) is 86.8 cm³/mol. The first-order chi connectivity index (χ1) is 11.7. The minimum absolute atomic E-state index is 0.436. The Balaban J connectivity index is 1.68. The third-order valence-electron chi connectivity index (χ3n) is 3.75. The minimum Gasteiger partial charge on any atom is -0.497 e. The normalized spacial score (nSPS) is 11.1. The molecule has 0 atom stereocenters. The first-order valence-corrected chi connectivity index (χ1v) is 7.50. The first kappa shape index (κ1) is 14.4. The summed E-state index contributed by atoms with van der Waals surface area (Å²) in [6.45, 7) is 1.90. The van der Waals surface area contributed by atoms with Crippen molar-refractivity contribution in [1.82, 2.24) is 24.5 Å². The molecule has 0 unspecified atom stereocenters. The van der Waals surface area contributed by atoms with Crippen LogP contribution >= 0.6 is 0 Å². The number of imidazole rings is 1. The molecule has 0 amide bonds. The lowest BCUT2D eigenvalue weighted by molar-refractivity contribution is 0.413. The van der Waals surface area contributed by atoms with E-state index in [4.69, 9.17) is 9.26 Å². The lowest BCUT2D eigenvalue weighted by Crippen LogP contribution is -1.93. The Labute approximate surface area is 137 Å². The lowest BCUT2D eigenvalue weighted by Gasteiger charge is -2.01. The highest BCUT2D eigenvalue weighted by molar-refractivity contribution is 5.57. The molecule has 24 heavy (non-hydrogen) atoms. The van der Waals surface area contributed by atoms with Crippen molar-refractivity contribution in [3.63, 3.8) is 0 Å². The van der Waals surface area contributed by atoms with Gasteiger partial charge in [0.25, 0.3) is 5.89 Å². The average molecular weight is 321 g/mol. The number of hydrogen-bond acceptors (Lipinski definition) is 6. The highest BCUT2D eigenvalue weighted by Gasteiger charge is 2.18. The van der Waals surface area contributed by atoms with Gasteiger partial charge in [-0.25, -0.2) is 9.97 Å². The van der Waals surface area contributed by atoms with Crippen LogP contribution in [0.2, 0.25) is 0 Å². The third-order valence-corrected chi connectivity index (χ3v) is 3.75. The van der Waals surface area contributed by atoms with Crippen molar-refractivity contribution in [1.29, 1.82) is 0 Å². The minimum atomic E-state index is 0.436. The van der Waals surface area contributed by atoms with Crippen molar-refractivity contribution < 1.29 is 9.26 Å². The molecule has 3 aromatic heterocycles. The van der Waals surface area contributed by atoms with Crippen molar-refractivity contribution in [2.75, 3.05) is 7.11 Å². The molecule has 0 saturated carbocycles. The summed E-state index contributed by atoms with van der Waals surface area (Å²) >= 11 is 0. The zero-order valence-corrected chi connectivity index (χ0v) is 13.3. The fourth-order valence-electron chi connectivity index (χ4n) is 2.64. The smallest absolute Gasteiger partial charge is 0.276 e. The maximum absolute atomic E-state index is 5.45. The molecule has 0 aliphatic rings. The molecule has 0 radical (unpaired) electrons. The van der Waals surface area contributed by atoms with Crippen LogP contribution in [-0.2, 0) is 6.42 Å². The molecule has 0 bridgehead atoms. The zero-order chi connectivity index (χ0) is 16.5. The summed E-state index contributed by atoms with van der Waals surface area (Å²) in [6.07, 6.45) is 4.14. The molecule has 7 nitrogen and oxygen atoms in total. The molecule has 4 rings (SSSR count). The van der Waals surface area contributed by atoms with Crippen LogP contribution in [0.3, 0.4) is 0 Å². The second-order valence-corrected chi connectivity index (χ2v) is 5.38. The van der Waals surface area contributed by atoms with Crippen LogP contribution in [0.15, 0.2) is 47.2 Å². The van der Waals surface area contributed by atoms with Crippen molar-refractivity contribution in [3.8, 4) is 17.3 Å². The summed E-state index contributed by atoms with van der Waals surface area (Å²) in [5, 5.41) is 4.08. The van der Waals surface area contributed by atoms with Gasteiger partial charge < -0.3 is 9.26 Å². The van der Waals surface area contributed by atoms with Gasteiger partial charge in [0, 0.05) is 18.8 Å². The Hall–Kier alpha value is -3.22. The summed E-state index contributed by atoms with van der Waals surface area (Å²) in [5.41, 5.74) is 2.62. The number of rotatable bonds is 4. The van der Waals surface area contributed by atoms with E-state index in [1.807, 2.05) is 47.9 Å². The lowest BCUT2D eigenvalue weighted by atomic mass is 10.1. The molecule has 7 heteroatoms. The maximum Gasteiger partial charge on any atom is 0.276 e. The van der Waals surface area contributed by atoms with E-state index >= 15 is 0 Å². The summed E-state index contributed by atoms with van der Waals surface area (Å²) in [5.74, 6) is 2.46. The second-order valence-electron chi connectivity index (χ2n) is 5.38. The van der Waals surface area contributed by atoms with Crippen molar-refractivity contribution >= 4 is 5.78 Å². The number of ether oxygens (including phenoxy) is 1. The molecular weight excluding hydrogens is 306 g/mol. The molecule has 120 valence electrons. The van der Waals surface area contributed by atoms with Gasteiger partial charge in [-0.2, -0.15) is 4.98 Å². The van der Waals surface area contributed by atoms with E-state index in [1.54, 1.807) is 13.3 Å². The van der Waals surface area contributed by atoms with E-state index in [0.717, 1.165) is 22.7 Å². The van der Waals surface area contributed by atoms with E-state index in [2.05, 4.69) is 20.1 Å². The topological polar surface area (TPSA) is 78.3 Å². The molecule has 1 aromatic carbocycles. The molecule has 0 spiro atoms. The fourth-order valence-corrected chi connectivity index (χ4v) is 2.64. The van der Waals surface area contributed by atoms with Crippen LogP contribution in [0, 0.1) is 6.92 Å². The Bertz CT molecular complexity index is 1010. The van der Waals surface area contributed by atoms with E-state index in [0.29, 0.717) is 23.9 Å². The molecule has 4 aromatic rings. The number of aromatic nitrogens is 5. The first-order valence-electron chi connectivity index (χ1n) is 7.50. The van der Waals surface area contributed by atoms with E-state index < -0.39 is 0 Å². The highest BCUT2D eigenvalue weighted by atomic mass is 16.5. The number of fused-ring (bicyclic) bond motifs is 1. The van der Waals surface area contributed by atoms with Crippen LogP contribution in [0.1, 0.15) is 17.1 Å². The number of hydrogen-bond donors (Lipinski definition) is 0. The summed E-state index contributed by atoms with van der Waals surface area (Å²) in [7, 11) is 1.65. The summed E-state index contributed by atoms with van der Waals surface area (Å²) < 4.78 is 12.5. The number of methoxy groups -OCH3 is 1. The van der Waals surface area contributed by atoms with Crippen LogP contribution in [0.4, 0.5) is 0 Å². The number of nitrogens with zero attached hydrogens (tertiary/aromatic N) is 5. The van der Waals surface area contributed by atoms with Crippen molar-refractivity contribution in [3.05, 3.63) is 59.8 Å². The third kappa shape index (κ3) is 2.50. The summed E-state index contributed by atoms with van der Waals surface area (Å²) in [4.78, 5) is 13.2.